The van der Waals surface area contributed by atoms with E-state index in [0.717, 1.165) is 28.0 Å². The Hall–Kier alpha value is -3.32. The number of amides is 1. The number of benzene rings is 3. The maximum Gasteiger partial charge on any atom is 0.251 e. The summed E-state index contributed by atoms with van der Waals surface area (Å²) in [5, 5.41) is 2.85. The summed E-state index contributed by atoms with van der Waals surface area (Å²) in [6.45, 7) is 6.85. The van der Waals surface area contributed by atoms with Crippen molar-refractivity contribution in [2.75, 3.05) is 23.7 Å². The van der Waals surface area contributed by atoms with Crippen LogP contribution in [0.5, 0.6) is 5.75 Å². The molecule has 0 atom stereocenters. The molecule has 0 aromatic heterocycles. The average Bonchev–Trinajstić information content (AvgIpc) is 2.76. The Kier molecular flexibility index (Phi) is 7.76. The molecule has 6 nitrogen and oxygen atoms in total. The molecule has 0 saturated heterocycles. The van der Waals surface area contributed by atoms with Crippen molar-refractivity contribution in [2.45, 2.75) is 27.3 Å². The van der Waals surface area contributed by atoms with Crippen molar-refractivity contribution in [3.63, 3.8) is 0 Å². The third-order valence-corrected chi connectivity index (χ3v) is 6.36. The van der Waals surface area contributed by atoms with Crippen LogP contribution in [0.2, 0.25) is 0 Å². The van der Waals surface area contributed by atoms with Crippen LogP contribution in [0.15, 0.2) is 66.7 Å². The maximum absolute atomic E-state index is 12.5. The van der Waals surface area contributed by atoms with Crippen molar-refractivity contribution in [3.8, 4) is 5.75 Å². The summed E-state index contributed by atoms with van der Waals surface area (Å²) in [4.78, 5) is 12.5. The minimum Gasteiger partial charge on any atom is -0.491 e. The molecule has 7 heteroatoms. The SMILES string of the molecule is Cc1cccc(N(Cc2ccc(C(=O)NCCOc3cc(C)ccc3C)cc2)S(C)(=O)=O)c1. The number of anilines is 1. The molecule has 0 saturated carbocycles. The third kappa shape index (κ3) is 6.83. The van der Waals surface area contributed by atoms with E-state index in [1.165, 1.54) is 10.6 Å². The summed E-state index contributed by atoms with van der Waals surface area (Å²) in [6, 6.07) is 20.3. The highest BCUT2D eigenvalue weighted by atomic mass is 32.2. The fourth-order valence-electron chi connectivity index (χ4n) is 3.40. The Morgan fingerprint density at radius 3 is 2.30 bits per heavy atom. The molecule has 0 aliphatic carbocycles. The van der Waals surface area contributed by atoms with Crippen LogP contribution in [0.25, 0.3) is 0 Å². The van der Waals surface area contributed by atoms with Gasteiger partial charge in [-0.25, -0.2) is 8.42 Å². The molecule has 174 valence electrons. The quantitative estimate of drug-likeness (QED) is 0.475. The van der Waals surface area contributed by atoms with Crippen LogP contribution in [0.1, 0.15) is 32.6 Å². The highest BCUT2D eigenvalue weighted by Gasteiger charge is 2.18. The zero-order chi connectivity index (χ0) is 24.0. The number of carbonyl (C=O) groups is 1. The Labute approximate surface area is 196 Å². The molecule has 0 unspecified atom stereocenters. The van der Waals surface area contributed by atoms with Crippen LogP contribution >= 0.6 is 0 Å². The fourth-order valence-corrected chi connectivity index (χ4v) is 4.28. The summed E-state index contributed by atoms with van der Waals surface area (Å²) >= 11 is 0. The standard InChI is InChI=1S/C26H30N2O4S/c1-19-6-5-7-24(16-19)28(33(4,30)31)18-22-10-12-23(13-11-22)26(29)27-14-15-32-25-17-20(2)8-9-21(25)3/h5-13,16-17H,14-15,18H2,1-4H3,(H,27,29). The zero-order valence-corrected chi connectivity index (χ0v) is 20.3. The van der Waals surface area contributed by atoms with Gasteiger partial charge in [-0.2, -0.15) is 0 Å². The van der Waals surface area contributed by atoms with Crippen LogP contribution in [0.3, 0.4) is 0 Å². The van der Waals surface area contributed by atoms with Crippen molar-refractivity contribution >= 4 is 21.6 Å². The number of carbonyl (C=O) groups excluding carboxylic acids is 1. The zero-order valence-electron chi connectivity index (χ0n) is 19.5. The molecule has 3 aromatic carbocycles. The van der Waals surface area contributed by atoms with Gasteiger partial charge in [0.1, 0.15) is 12.4 Å². The van der Waals surface area contributed by atoms with Gasteiger partial charge in [0.05, 0.1) is 25.0 Å². The Morgan fingerprint density at radius 2 is 1.64 bits per heavy atom. The van der Waals surface area contributed by atoms with Crippen LogP contribution in [-0.4, -0.2) is 33.7 Å². The molecule has 3 rings (SSSR count). The van der Waals surface area contributed by atoms with Crippen molar-refractivity contribution in [1.82, 2.24) is 5.32 Å². The summed E-state index contributed by atoms with van der Waals surface area (Å²) in [6.07, 6.45) is 1.19. The van der Waals surface area contributed by atoms with E-state index in [9.17, 15) is 13.2 Å². The lowest BCUT2D eigenvalue weighted by Gasteiger charge is -2.23. The first-order valence-corrected chi connectivity index (χ1v) is 12.6. The highest BCUT2D eigenvalue weighted by Crippen LogP contribution is 2.22. The topological polar surface area (TPSA) is 75.7 Å². The van der Waals surface area contributed by atoms with E-state index in [1.807, 2.05) is 57.2 Å². The van der Waals surface area contributed by atoms with Crippen molar-refractivity contribution in [3.05, 3.63) is 94.5 Å². The predicted octanol–water partition coefficient (Wildman–Crippen LogP) is 4.39. The first kappa shape index (κ1) is 24.3. The molecular weight excluding hydrogens is 436 g/mol. The lowest BCUT2D eigenvalue weighted by atomic mass is 10.1. The molecule has 0 bridgehead atoms. The molecule has 1 N–H and O–H groups in total. The number of hydrogen-bond acceptors (Lipinski definition) is 4. The molecule has 1 amide bonds. The van der Waals surface area contributed by atoms with Crippen molar-refractivity contribution in [2.24, 2.45) is 0 Å². The molecule has 0 spiro atoms. The Balaban J connectivity index is 1.58. The normalized spacial score (nSPS) is 11.2. The Bertz CT molecular complexity index is 1220. The van der Waals surface area contributed by atoms with Crippen LogP contribution in [0.4, 0.5) is 5.69 Å². The number of hydrogen-bond donors (Lipinski definition) is 1. The van der Waals surface area contributed by atoms with Crippen molar-refractivity contribution < 1.29 is 17.9 Å². The molecule has 0 aliphatic heterocycles. The largest absolute Gasteiger partial charge is 0.491 e. The Morgan fingerprint density at radius 1 is 0.939 bits per heavy atom. The number of rotatable bonds is 9. The molecular formula is C26H30N2O4S. The van der Waals surface area contributed by atoms with Crippen LogP contribution < -0.4 is 14.4 Å². The molecule has 0 radical (unpaired) electrons. The first-order valence-electron chi connectivity index (χ1n) is 10.7. The van der Waals surface area contributed by atoms with Gasteiger partial charge >= 0.3 is 0 Å². The third-order valence-electron chi connectivity index (χ3n) is 5.22. The van der Waals surface area contributed by atoms with Gasteiger partial charge < -0.3 is 10.1 Å². The highest BCUT2D eigenvalue weighted by molar-refractivity contribution is 7.92. The number of aryl methyl sites for hydroxylation is 3. The lowest BCUT2D eigenvalue weighted by Crippen LogP contribution is -2.29. The summed E-state index contributed by atoms with van der Waals surface area (Å²) < 4.78 is 31.9. The average molecular weight is 467 g/mol. The van der Waals surface area contributed by atoms with Crippen LogP contribution in [0, 0.1) is 20.8 Å². The van der Waals surface area contributed by atoms with Gasteiger partial charge in [-0.1, -0.05) is 36.4 Å². The molecule has 33 heavy (non-hydrogen) atoms. The predicted molar refractivity (Wildman–Crippen MR) is 132 cm³/mol. The van der Waals surface area contributed by atoms with E-state index in [0.29, 0.717) is 24.4 Å². The molecule has 3 aromatic rings. The molecule has 0 heterocycles. The summed E-state index contributed by atoms with van der Waals surface area (Å²) in [5.41, 5.74) is 5.06. The summed E-state index contributed by atoms with van der Waals surface area (Å²) in [5.74, 6) is 0.613. The number of sulfonamides is 1. The monoisotopic (exact) mass is 466 g/mol. The van der Waals surface area contributed by atoms with Gasteiger partial charge in [0.2, 0.25) is 10.0 Å². The van der Waals surface area contributed by atoms with E-state index < -0.39 is 10.0 Å². The molecule has 0 fully saturated rings. The van der Waals surface area contributed by atoms with Gasteiger partial charge in [-0.15, -0.1) is 0 Å². The minimum atomic E-state index is -3.46. The lowest BCUT2D eigenvalue weighted by molar-refractivity contribution is 0.0947. The first-order chi connectivity index (χ1) is 15.6. The van der Waals surface area contributed by atoms with Crippen molar-refractivity contribution in [1.29, 1.82) is 0 Å². The van der Waals surface area contributed by atoms with E-state index in [-0.39, 0.29) is 12.5 Å². The second-order valence-corrected chi connectivity index (χ2v) is 10.1. The summed E-state index contributed by atoms with van der Waals surface area (Å²) in [7, 11) is -3.46. The van der Waals surface area contributed by atoms with Gasteiger partial charge in [-0.05, 0) is 73.4 Å². The van der Waals surface area contributed by atoms with Gasteiger partial charge in [0, 0.05) is 5.56 Å². The second-order valence-electron chi connectivity index (χ2n) is 8.18. The van der Waals surface area contributed by atoms with E-state index >= 15 is 0 Å². The smallest absolute Gasteiger partial charge is 0.251 e. The minimum absolute atomic E-state index is 0.188. The molecule has 0 aliphatic rings. The fraction of sp³-hybridized carbons (Fsp3) is 0.269. The van der Waals surface area contributed by atoms with E-state index in [2.05, 4.69) is 5.32 Å². The number of nitrogens with one attached hydrogen (secondary N) is 1. The second kappa shape index (κ2) is 10.5. The maximum atomic E-state index is 12.5. The number of nitrogens with zero attached hydrogens (tertiary/aromatic N) is 1. The van der Waals surface area contributed by atoms with E-state index in [4.69, 9.17) is 4.74 Å². The van der Waals surface area contributed by atoms with E-state index in [1.54, 1.807) is 30.3 Å². The van der Waals surface area contributed by atoms with Crippen LogP contribution in [-0.2, 0) is 16.6 Å². The number of ether oxygens (including phenoxy) is 1. The van der Waals surface area contributed by atoms with Gasteiger partial charge in [0.25, 0.3) is 5.91 Å². The van der Waals surface area contributed by atoms with Gasteiger partial charge in [0.15, 0.2) is 0 Å². The van der Waals surface area contributed by atoms with Gasteiger partial charge in [-0.3, -0.25) is 9.10 Å².